The molecule has 1 heterocycles. The van der Waals surface area contributed by atoms with Crippen molar-refractivity contribution in [2.24, 2.45) is 22.6 Å². The van der Waals surface area contributed by atoms with Gasteiger partial charge in [-0.15, -0.1) is 24.0 Å². The van der Waals surface area contributed by atoms with Crippen LogP contribution in [-0.4, -0.2) is 42.3 Å². The Morgan fingerprint density at radius 2 is 1.97 bits per heavy atom. The molecule has 1 aliphatic carbocycles. The van der Waals surface area contributed by atoms with Crippen LogP contribution in [-0.2, 0) is 16.1 Å². The molecular weight excluding hydrogens is 505 g/mol. The Bertz CT molecular complexity index is 764. The zero-order valence-corrected chi connectivity index (χ0v) is 20.8. The first-order chi connectivity index (χ1) is 14.5. The number of hydrogen-bond acceptors (Lipinski definition) is 3. The van der Waals surface area contributed by atoms with Gasteiger partial charge < -0.3 is 21.3 Å². The van der Waals surface area contributed by atoms with Gasteiger partial charge >= 0.3 is 0 Å². The lowest BCUT2D eigenvalue weighted by atomic mass is 9.95. The van der Waals surface area contributed by atoms with E-state index in [4.69, 9.17) is 10.7 Å². The summed E-state index contributed by atoms with van der Waals surface area (Å²) in [4.78, 5) is 30.8. The fourth-order valence-electron chi connectivity index (χ4n) is 4.48. The summed E-state index contributed by atoms with van der Waals surface area (Å²) in [5.74, 6) is 1.20. The number of benzene rings is 1. The van der Waals surface area contributed by atoms with Crippen LogP contribution in [0.4, 0.5) is 5.69 Å². The predicted molar refractivity (Wildman–Crippen MR) is 135 cm³/mol. The Kier molecular flexibility index (Phi) is 10.6. The molecule has 1 unspecified atom stereocenters. The van der Waals surface area contributed by atoms with Gasteiger partial charge in [0.05, 0.1) is 6.54 Å². The maximum Gasteiger partial charge on any atom is 0.227 e. The second kappa shape index (κ2) is 12.9. The predicted octanol–water partition coefficient (Wildman–Crippen LogP) is 3.49. The zero-order valence-electron chi connectivity index (χ0n) is 18.4. The number of rotatable bonds is 7. The smallest absolute Gasteiger partial charge is 0.227 e. The number of nitrogens with zero attached hydrogens (tertiary/aromatic N) is 2. The topological polar surface area (TPSA) is 99.8 Å². The van der Waals surface area contributed by atoms with Crippen molar-refractivity contribution in [3.63, 3.8) is 0 Å². The number of anilines is 1. The highest BCUT2D eigenvalue weighted by molar-refractivity contribution is 14.0. The van der Waals surface area contributed by atoms with E-state index < -0.39 is 0 Å². The first-order valence-corrected chi connectivity index (χ1v) is 11.3. The van der Waals surface area contributed by atoms with Gasteiger partial charge in [-0.2, -0.15) is 0 Å². The van der Waals surface area contributed by atoms with Gasteiger partial charge in [0, 0.05) is 37.7 Å². The van der Waals surface area contributed by atoms with Gasteiger partial charge in [0.15, 0.2) is 5.96 Å². The van der Waals surface area contributed by atoms with Crippen LogP contribution in [0, 0.1) is 11.8 Å². The minimum atomic E-state index is -0.236. The Balaban J connectivity index is 0.00000341. The Morgan fingerprint density at radius 1 is 1.19 bits per heavy atom. The molecule has 1 aromatic carbocycles. The molecule has 2 aliphatic rings. The van der Waals surface area contributed by atoms with Gasteiger partial charge in [-0.05, 0) is 56.2 Å². The third-order valence-corrected chi connectivity index (χ3v) is 5.98. The van der Waals surface area contributed by atoms with Crippen LogP contribution in [0.5, 0.6) is 0 Å². The molecule has 1 aliphatic heterocycles. The molecule has 0 spiro atoms. The van der Waals surface area contributed by atoms with Crippen molar-refractivity contribution in [3.05, 3.63) is 29.8 Å². The third-order valence-electron chi connectivity index (χ3n) is 5.98. The normalized spacial score (nSPS) is 19.6. The summed E-state index contributed by atoms with van der Waals surface area (Å²) in [6.45, 7) is 5.10. The van der Waals surface area contributed by atoms with Crippen molar-refractivity contribution in [1.29, 1.82) is 0 Å². The number of nitrogens with one attached hydrogen (secondary N) is 2. The number of carbonyl (C=O) groups is 2. The van der Waals surface area contributed by atoms with Crippen LogP contribution in [0.15, 0.2) is 29.3 Å². The SMILES string of the molecule is CCNC(=NCc1cccc(NC(=O)C2CCCC2)c1)N1CCCC(CC(N)=O)C1.I. The average molecular weight is 541 g/mol. The maximum absolute atomic E-state index is 12.4. The summed E-state index contributed by atoms with van der Waals surface area (Å²) in [5, 5.41) is 6.44. The van der Waals surface area contributed by atoms with Crippen molar-refractivity contribution in [1.82, 2.24) is 10.2 Å². The molecule has 4 N–H and O–H groups in total. The lowest BCUT2D eigenvalue weighted by Gasteiger charge is -2.34. The monoisotopic (exact) mass is 541 g/mol. The van der Waals surface area contributed by atoms with Crippen molar-refractivity contribution in [2.45, 2.75) is 58.4 Å². The van der Waals surface area contributed by atoms with Crippen molar-refractivity contribution in [2.75, 3.05) is 25.0 Å². The number of nitrogens with two attached hydrogens (primary N) is 1. The van der Waals surface area contributed by atoms with Crippen molar-refractivity contribution >= 4 is 47.4 Å². The van der Waals surface area contributed by atoms with E-state index in [9.17, 15) is 9.59 Å². The molecular formula is C23H36IN5O2. The van der Waals surface area contributed by atoms with E-state index >= 15 is 0 Å². The first kappa shape index (κ1) is 25.4. The molecule has 7 nitrogen and oxygen atoms in total. The number of likely N-dealkylation sites (tertiary alicyclic amines) is 1. The third kappa shape index (κ3) is 7.97. The number of amides is 2. The lowest BCUT2D eigenvalue weighted by molar-refractivity contribution is -0.120. The minimum Gasteiger partial charge on any atom is -0.370 e. The highest BCUT2D eigenvalue weighted by Gasteiger charge is 2.24. The Hall–Kier alpha value is -1.84. The van der Waals surface area contributed by atoms with Crippen LogP contribution in [0.2, 0.25) is 0 Å². The molecule has 2 amide bonds. The molecule has 0 aromatic heterocycles. The van der Waals surface area contributed by atoms with Crippen LogP contribution >= 0.6 is 24.0 Å². The molecule has 1 saturated heterocycles. The lowest BCUT2D eigenvalue weighted by Crippen LogP contribution is -2.47. The Morgan fingerprint density at radius 3 is 2.68 bits per heavy atom. The van der Waals surface area contributed by atoms with Gasteiger partial charge in [0.2, 0.25) is 11.8 Å². The summed E-state index contributed by atoms with van der Waals surface area (Å²) in [7, 11) is 0. The van der Waals surface area contributed by atoms with E-state index in [0.717, 1.165) is 75.4 Å². The molecule has 1 saturated carbocycles. The van der Waals surface area contributed by atoms with Crippen LogP contribution in [0.3, 0.4) is 0 Å². The van der Waals surface area contributed by atoms with Crippen LogP contribution in [0.25, 0.3) is 0 Å². The molecule has 0 bridgehead atoms. The summed E-state index contributed by atoms with van der Waals surface area (Å²) >= 11 is 0. The second-order valence-corrected chi connectivity index (χ2v) is 8.47. The molecule has 1 atom stereocenters. The van der Waals surface area contributed by atoms with Gasteiger partial charge in [-0.1, -0.05) is 25.0 Å². The standard InChI is InChI=1S/C23H35N5O2.HI/c1-2-25-23(28-12-6-8-18(16-28)14-21(24)29)26-15-17-7-5-11-20(13-17)27-22(30)19-9-3-4-10-19;/h5,7,11,13,18-19H,2-4,6,8-10,12,14-16H2,1H3,(H2,24,29)(H,25,26)(H,27,30);1H. The molecule has 2 fully saturated rings. The van der Waals surface area contributed by atoms with E-state index in [-0.39, 0.29) is 47.6 Å². The second-order valence-electron chi connectivity index (χ2n) is 8.47. The van der Waals surface area contributed by atoms with Gasteiger partial charge in [-0.25, -0.2) is 4.99 Å². The fourth-order valence-corrected chi connectivity index (χ4v) is 4.48. The minimum absolute atomic E-state index is 0. The highest BCUT2D eigenvalue weighted by Crippen LogP contribution is 2.26. The van der Waals surface area contributed by atoms with Crippen LogP contribution < -0.4 is 16.4 Å². The average Bonchev–Trinajstić information content (AvgIpc) is 3.26. The van der Waals surface area contributed by atoms with Crippen molar-refractivity contribution < 1.29 is 9.59 Å². The van der Waals surface area contributed by atoms with E-state index in [2.05, 4.69) is 22.5 Å². The molecule has 172 valence electrons. The number of primary amides is 1. The van der Waals surface area contributed by atoms with Gasteiger partial charge in [0.1, 0.15) is 0 Å². The van der Waals surface area contributed by atoms with E-state index in [0.29, 0.717) is 13.0 Å². The summed E-state index contributed by atoms with van der Waals surface area (Å²) in [6, 6.07) is 7.94. The molecule has 8 heteroatoms. The summed E-state index contributed by atoms with van der Waals surface area (Å²) < 4.78 is 0. The maximum atomic E-state index is 12.4. The number of aliphatic imine (C=N–C) groups is 1. The van der Waals surface area contributed by atoms with Gasteiger partial charge in [0.25, 0.3) is 0 Å². The quantitative estimate of drug-likeness (QED) is 0.280. The van der Waals surface area contributed by atoms with E-state index in [1.165, 1.54) is 0 Å². The number of halogens is 1. The molecule has 3 rings (SSSR count). The zero-order chi connectivity index (χ0) is 21.3. The number of piperidine rings is 1. The number of hydrogen-bond donors (Lipinski definition) is 3. The number of carbonyl (C=O) groups excluding carboxylic acids is 2. The summed E-state index contributed by atoms with van der Waals surface area (Å²) in [5.41, 5.74) is 7.29. The summed E-state index contributed by atoms with van der Waals surface area (Å²) in [6.07, 6.45) is 6.78. The Labute approximate surface area is 202 Å². The van der Waals surface area contributed by atoms with Crippen molar-refractivity contribution in [3.8, 4) is 0 Å². The molecule has 1 aromatic rings. The van der Waals surface area contributed by atoms with Gasteiger partial charge in [-0.3, -0.25) is 9.59 Å². The molecule has 0 radical (unpaired) electrons. The van der Waals surface area contributed by atoms with E-state index in [1.54, 1.807) is 0 Å². The fraction of sp³-hybridized carbons (Fsp3) is 0.609. The number of guanidine groups is 1. The van der Waals surface area contributed by atoms with E-state index in [1.807, 2.05) is 24.3 Å². The highest BCUT2D eigenvalue weighted by atomic mass is 127. The van der Waals surface area contributed by atoms with Crippen LogP contribution in [0.1, 0.15) is 57.4 Å². The largest absolute Gasteiger partial charge is 0.370 e. The molecule has 31 heavy (non-hydrogen) atoms. The first-order valence-electron chi connectivity index (χ1n) is 11.3.